The Morgan fingerprint density at radius 1 is 1.58 bits per heavy atom. The predicted octanol–water partition coefficient (Wildman–Crippen LogP) is 2.21. The second-order valence-electron chi connectivity index (χ2n) is 4.41. The first kappa shape index (κ1) is 13.8. The second kappa shape index (κ2) is 5.57. The Hall–Kier alpha value is -1.62. The van der Waals surface area contributed by atoms with Gasteiger partial charge in [0.05, 0.1) is 5.88 Å². The van der Waals surface area contributed by atoms with E-state index in [0.717, 1.165) is 5.52 Å². The van der Waals surface area contributed by atoms with Crippen LogP contribution in [0.2, 0.25) is 0 Å². The van der Waals surface area contributed by atoms with Crippen LogP contribution in [0.3, 0.4) is 0 Å². The molecular formula is C13H17ClN4O. The summed E-state index contributed by atoms with van der Waals surface area (Å²) in [6.45, 7) is 4.46. The molecule has 0 aliphatic rings. The van der Waals surface area contributed by atoms with Crippen LogP contribution in [0.15, 0.2) is 18.3 Å². The maximum absolute atomic E-state index is 12.3. The molecule has 0 spiro atoms. The van der Waals surface area contributed by atoms with Crippen LogP contribution in [0.25, 0.3) is 11.2 Å². The van der Waals surface area contributed by atoms with Crippen LogP contribution in [0.1, 0.15) is 25.7 Å². The average molecular weight is 281 g/mol. The number of halogens is 1. The van der Waals surface area contributed by atoms with E-state index in [2.05, 4.69) is 9.97 Å². The standard InChI is InChI=1S/C13H17ClN4O/c1-4-17(3)13(19)9(2)18-11(8-14)16-10-6-5-7-15-12(10)18/h5-7,9H,4,8H2,1-3H3. The zero-order valence-electron chi connectivity index (χ0n) is 11.3. The molecule has 0 bridgehead atoms. The van der Waals surface area contributed by atoms with Gasteiger partial charge in [-0.1, -0.05) is 0 Å². The highest BCUT2D eigenvalue weighted by Gasteiger charge is 2.23. The molecule has 5 nitrogen and oxygen atoms in total. The van der Waals surface area contributed by atoms with Crippen LogP contribution in [0.5, 0.6) is 0 Å². The first-order valence-electron chi connectivity index (χ1n) is 6.22. The molecule has 1 unspecified atom stereocenters. The lowest BCUT2D eigenvalue weighted by molar-refractivity contribution is -0.132. The highest BCUT2D eigenvalue weighted by Crippen LogP contribution is 2.21. The molecule has 0 aliphatic carbocycles. The summed E-state index contributed by atoms with van der Waals surface area (Å²) in [5, 5.41) is 0. The molecule has 0 saturated heterocycles. The van der Waals surface area contributed by atoms with Gasteiger partial charge in [0.15, 0.2) is 5.65 Å². The quantitative estimate of drug-likeness (QED) is 0.807. The van der Waals surface area contributed by atoms with Crippen molar-refractivity contribution in [1.29, 1.82) is 0 Å². The molecule has 102 valence electrons. The number of pyridine rings is 1. The molecule has 0 aromatic carbocycles. The third-order valence-electron chi connectivity index (χ3n) is 3.24. The largest absolute Gasteiger partial charge is 0.344 e. The van der Waals surface area contributed by atoms with Crippen molar-refractivity contribution in [2.24, 2.45) is 0 Å². The molecule has 0 aliphatic heterocycles. The molecule has 0 saturated carbocycles. The maximum Gasteiger partial charge on any atom is 0.245 e. The van der Waals surface area contributed by atoms with Crippen molar-refractivity contribution in [1.82, 2.24) is 19.4 Å². The van der Waals surface area contributed by atoms with Gasteiger partial charge < -0.3 is 4.90 Å². The Morgan fingerprint density at radius 2 is 2.32 bits per heavy atom. The van der Waals surface area contributed by atoms with Crippen LogP contribution in [-0.4, -0.2) is 38.9 Å². The summed E-state index contributed by atoms with van der Waals surface area (Å²) in [4.78, 5) is 22.7. The minimum absolute atomic E-state index is 0.0267. The van der Waals surface area contributed by atoms with Crippen LogP contribution in [-0.2, 0) is 10.7 Å². The van der Waals surface area contributed by atoms with Gasteiger partial charge in [0.25, 0.3) is 0 Å². The van der Waals surface area contributed by atoms with Gasteiger partial charge in [0.1, 0.15) is 17.4 Å². The summed E-state index contributed by atoms with van der Waals surface area (Å²) in [6, 6.07) is 3.33. The van der Waals surface area contributed by atoms with E-state index in [1.54, 1.807) is 18.1 Å². The molecule has 2 rings (SSSR count). The van der Waals surface area contributed by atoms with E-state index in [1.165, 1.54) is 0 Å². The molecule has 2 aromatic rings. The van der Waals surface area contributed by atoms with Gasteiger partial charge in [-0.15, -0.1) is 11.6 Å². The fourth-order valence-corrected chi connectivity index (χ4v) is 2.25. The van der Waals surface area contributed by atoms with Gasteiger partial charge in [-0.25, -0.2) is 9.97 Å². The van der Waals surface area contributed by atoms with Crippen molar-refractivity contribution in [3.63, 3.8) is 0 Å². The Balaban J connectivity index is 2.51. The summed E-state index contributed by atoms with van der Waals surface area (Å²) in [5.74, 6) is 0.948. The van der Waals surface area contributed by atoms with E-state index in [9.17, 15) is 4.79 Å². The molecule has 0 N–H and O–H groups in total. The summed E-state index contributed by atoms with van der Waals surface area (Å²) >= 11 is 5.93. The third-order valence-corrected chi connectivity index (χ3v) is 3.48. The Kier molecular flexibility index (Phi) is 4.04. The monoisotopic (exact) mass is 280 g/mol. The van der Waals surface area contributed by atoms with E-state index < -0.39 is 0 Å². The maximum atomic E-state index is 12.3. The van der Waals surface area contributed by atoms with Crippen molar-refractivity contribution in [3.05, 3.63) is 24.2 Å². The lowest BCUT2D eigenvalue weighted by Crippen LogP contribution is -2.33. The van der Waals surface area contributed by atoms with Gasteiger partial charge in [0, 0.05) is 19.8 Å². The van der Waals surface area contributed by atoms with Crippen LogP contribution in [0.4, 0.5) is 0 Å². The summed E-state index contributed by atoms with van der Waals surface area (Å²) < 4.78 is 1.82. The summed E-state index contributed by atoms with van der Waals surface area (Å²) in [6.07, 6.45) is 1.69. The number of amides is 1. The molecule has 1 amide bonds. The summed E-state index contributed by atoms with van der Waals surface area (Å²) in [7, 11) is 1.78. The first-order valence-corrected chi connectivity index (χ1v) is 6.76. The topological polar surface area (TPSA) is 51.0 Å². The van der Waals surface area contributed by atoms with Gasteiger partial charge in [-0.05, 0) is 26.0 Å². The molecule has 2 aromatic heterocycles. The molecular weight excluding hydrogens is 264 g/mol. The SMILES string of the molecule is CCN(C)C(=O)C(C)n1c(CCl)nc2cccnc21. The number of alkyl halides is 1. The van der Waals surface area contributed by atoms with Gasteiger partial charge in [0.2, 0.25) is 5.91 Å². The highest BCUT2D eigenvalue weighted by molar-refractivity contribution is 6.16. The number of imidazole rings is 1. The van der Waals surface area contributed by atoms with Gasteiger partial charge >= 0.3 is 0 Å². The van der Waals surface area contributed by atoms with Crippen molar-refractivity contribution < 1.29 is 4.79 Å². The van der Waals surface area contributed by atoms with Crippen LogP contribution < -0.4 is 0 Å². The predicted molar refractivity (Wildman–Crippen MR) is 75.1 cm³/mol. The van der Waals surface area contributed by atoms with Crippen LogP contribution >= 0.6 is 11.6 Å². The van der Waals surface area contributed by atoms with Gasteiger partial charge in [-0.3, -0.25) is 9.36 Å². The number of nitrogens with zero attached hydrogens (tertiary/aromatic N) is 4. The van der Waals surface area contributed by atoms with E-state index in [-0.39, 0.29) is 17.8 Å². The van der Waals surface area contributed by atoms with E-state index in [0.29, 0.717) is 18.0 Å². The summed E-state index contributed by atoms with van der Waals surface area (Å²) in [5.41, 5.74) is 1.46. The zero-order chi connectivity index (χ0) is 14.0. The Labute approximate surface area is 117 Å². The Bertz CT molecular complexity index is 595. The van der Waals surface area contributed by atoms with Crippen molar-refractivity contribution in [3.8, 4) is 0 Å². The number of carbonyl (C=O) groups excluding carboxylic acids is 1. The fraction of sp³-hybridized carbons (Fsp3) is 0.462. The molecule has 19 heavy (non-hydrogen) atoms. The number of fused-ring (bicyclic) bond motifs is 1. The fourth-order valence-electron chi connectivity index (χ4n) is 2.06. The van der Waals surface area contributed by atoms with Crippen molar-refractivity contribution in [2.75, 3.05) is 13.6 Å². The van der Waals surface area contributed by atoms with Crippen LogP contribution in [0, 0.1) is 0 Å². The normalized spacial score (nSPS) is 12.6. The number of hydrogen-bond acceptors (Lipinski definition) is 3. The number of hydrogen-bond donors (Lipinski definition) is 0. The van der Waals surface area contributed by atoms with E-state index in [1.807, 2.05) is 30.5 Å². The first-order chi connectivity index (χ1) is 9.10. The molecule has 6 heteroatoms. The van der Waals surface area contributed by atoms with Crippen molar-refractivity contribution in [2.45, 2.75) is 25.8 Å². The van der Waals surface area contributed by atoms with Crippen molar-refractivity contribution >= 4 is 28.7 Å². The second-order valence-corrected chi connectivity index (χ2v) is 4.67. The molecule has 0 radical (unpaired) electrons. The zero-order valence-corrected chi connectivity index (χ0v) is 12.1. The lowest BCUT2D eigenvalue weighted by Gasteiger charge is -2.22. The number of carbonyl (C=O) groups is 1. The van der Waals surface area contributed by atoms with Gasteiger partial charge in [-0.2, -0.15) is 0 Å². The number of aromatic nitrogens is 3. The molecule has 0 fully saturated rings. The smallest absolute Gasteiger partial charge is 0.245 e. The average Bonchev–Trinajstić information content (AvgIpc) is 2.83. The highest BCUT2D eigenvalue weighted by atomic mass is 35.5. The minimum Gasteiger partial charge on any atom is -0.344 e. The molecule has 1 atom stereocenters. The van der Waals surface area contributed by atoms with E-state index >= 15 is 0 Å². The molecule has 2 heterocycles. The number of likely N-dealkylation sites (N-methyl/N-ethyl adjacent to an activating group) is 1. The third kappa shape index (κ3) is 2.42. The van der Waals surface area contributed by atoms with E-state index in [4.69, 9.17) is 11.6 Å². The Morgan fingerprint density at radius 3 is 2.95 bits per heavy atom. The minimum atomic E-state index is -0.362. The number of rotatable bonds is 4. The lowest BCUT2D eigenvalue weighted by atomic mass is 10.2.